The number of furan rings is 1. The topological polar surface area (TPSA) is 38.9 Å². The maximum absolute atomic E-state index is 6.05. The van der Waals surface area contributed by atoms with Crippen molar-refractivity contribution in [1.29, 1.82) is 0 Å². The van der Waals surface area contributed by atoms with E-state index in [2.05, 4.69) is 127 Å². The fourth-order valence-corrected chi connectivity index (χ4v) is 6.06. The number of benzene rings is 5. The van der Waals surface area contributed by atoms with Crippen LogP contribution < -0.4 is 0 Å². The molecule has 0 atom stereocenters. The molecule has 3 heteroatoms. The SMILES string of the molecule is c1ccc(-c2cc(-c3ccccc3)nc(-c3ccccc3Cc3ccccc3-c3cc4c(cn3)oc3ccccc34)c2)cc1. The number of hydrogen-bond donors (Lipinski definition) is 0. The lowest BCUT2D eigenvalue weighted by molar-refractivity contribution is 0.667. The van der Waals surface area contributed by atoms with Crippen LogP contribution in [0.4, 0.5) is 0 Å². The zero-order valence-corrected chi connectivity index (χ0v) is 24.0. The predicted octanol–water partition coefficient (Wildman–Crippen LogP) is 10.6. The summed E-state index contributed by atoms with van der Waals surface area (Å²) in [5, 5.41) is 2.18. The average Bonchev–Trinajstić information content (AvgIpc) is 3.47. The molecule has 3 aromatic heterocycles. The van der Waals surface area contributed by atoms with E-state index in [1.807, 2.05) is 30.5 Å². The molecule has 0 saturated carbocycles. The molecule has 3 heterocycles. The Morgan fingerprint density at radius 3 is 1.77 bits per heavy atom. The predicted molar refractivity (Wildman–Crippen MR) is 180 cm³/mol. The zero-order chi connectivity index (χ0) is 29.3. The first-order valence-corrected chi connectivity index (χ1v) is 14.9. The van der Waals surface area contributed by atoms with Crippen molar-refractivity contribution in [2.24, 2.45) is 0 Å². The van der Waals surface area contributed by atoms with Crippen LogP contribution in [-0.2, 0) is 6.42 Å². The Morgan fingerprint density at radius 1 is 0.432 bits per heavy atom. The van der Waals surface area contributed by atoms with Gasteiger partial charge in [0.25, 0.3) is 0 Å². The number of pyridine rings is 2. The molecule has 0 aliphatic carbocycles. The first kappa shape index (κ1) is 25.9. The van der Waals surface area contributed by atoms with Gasteiger partial charge in [-0.25, -0.2) is 4.98 Å². The van der Waals surface area contributed by atoms with Gasteiger partial charge in [-0.3, -0.25) is 4.98 Å². The summed E-state index contributed by atoms with van der Waals surface area (Å²) >= 11 is 0. The molecule has 44 heavy (non-hydrogen) atoms. The second kappa shape index (κ2) is 11.1. The van der Waals surface area contributed by atoms with E-state index >= 15 is 0 Å². The standard InChI is InChI=1S/C41H28N2O/c1-3-13-28(14-4-1)32-24-37(29-15-5-2-6-16-29)43-39(25-32)34-20-10-8-18-31(34)23-30-17-7-9-19-33(30)38-26-36-35-21-11-12-22-40(35)44-41(36)27-42-38/h1-22,24-27H,23H2. The summed E-state index contributed by atoms with van der Waals surface area (Å²) in [4.78, 5) is 10.1. The molecule has 3 nitrogen and oxygen atoms in total. The molecule has 208 valence electrons. The van der Waals surface area contributed by atoms with Gasteiger partial charge in [0, 0.05) is 27.5 Å². The molecule has 0 aliphatic rings. The van der Waals surface area contributed by atoms with Gasteiger partial charge in [0.05, 0.1) is 23.3 Å². The van der Waals surface area contributed by atoms with Crippen molar-refractivity contribution in [3.63, 3.8) is 0 Å². The highest BCUT2D eigenvalue weighted by molar-refractivity contribution is 6.05. The Labute approximate surface area is 256 Å². The van der Waals surface area contributed by atoms with Gasteiger partial charge < -0.3 is 4.42 Å². The maximum atomic E-state index is 6.05. The molecule has 0 radical (unpaired) electrons. The van der Waals surface area contributed by atoms with Gasteiger partial charge in [-0.1, -0.05) is 127 Å². The lowest BCUT2D eigenvalue weighted by Gasteiger charge is -2.15. The van der Waals surface area contributed by atoms with Crippen LogP contribution in [0.15, 0.2) is 162 Å². The first-order chi connectivity index (χ1) is 21.8. The zero-order valence-electron chi connectivity index (χ0n) is 24.0. The normalized spacial score (nSPS) is 11.3. The highest BCUT2D eigenvalue weighted by Gasteiger charge is 2.15. The summed E-state index contributed by atoms with van der Waals surface area (Å²) in [5.74, 6) is 0. The Bertz CT molecular complexity index is 2190. The van der Waals surface area contributed by atoms with E-state index in [1.54, 1.807) is 0 Å². The summed E-state index contributed by atoms with van der Waals surface area (Å²) in [6, 6.07) is 52.8. The molecule has 0 fully saturated rings. The number of aromatic nitrogens is 2. The van der Waals surface area contributed by atoms with Crippen molar-refractivity contribution in [2.75, 3.05) is 0 Å². The Kier molecular flexibility index (Phi) is 6.54. The highest BCUT2D eigenvalue weighted by Crippen LogP contribution is 2.35. The van der Waals surface area contributed by atoms with E-state index in [4.69, 9.17) is 14.4 Å². The average molecular weight is 565 g/mol. The van der Waals surface area contributed by atoms with E-state index in [0.29, 0.717) is 0 Å². The van der Waals surface area contributed by atoms with Crippen LogP contribution in [-0.4, -0.2) is 9.97 Å². The summed E-state index contributed by atoms with van der Waals surface area (Å²) in [6.45, 7) is 0. The fraction of sp³-hybridized carbons (Fsp3) is 0.0244. The van der Waals surface area contributed by atoms with Crippen LogP contribution in [0, 0.1) is 0 Å². The summed E-state index contributed by atoms with van der Waals surface area (Å²) in [7, 11) is 0. The van der Waals surface area contributed by atoms with Crippen LogP contribution >= 0.6 is 0 Å². The summed E-state index contributed by atoms with van der Waals surface area (Å²) in [6.07, 6.45) is 2.59. The molecule has 0 spiro atoms. The molecular formula is C41H28N2O. The van der Waals surface area contributed by atoms with Crippen LogP contribution in [0.2, 0.25) is 0 Å². The molecule has 8 rings (SSSR count). The van der Waals surface area contributed by atoms with E-state index in [0.717, 1.165) is 67.7 Å². The van der Waals surface area contributed by atoms with E-state index < -0.39 is 0 Å². The minimum absolute atomic E-state index is 0.746. The fourth-order valence-electron chi connectivity index (χ4n) is 6.06. The van der Waals surface area contributed by atoms with Gasteiger partial charge in [0.1, 0.15) is 5.58 Å². The summed E-state index contributed by atoms with van der Waals surface area (Å²) < 4.78 is 6.05. The number of para-hydroxylation sites is 1. The molecule has 0 amide bonds. The minimum Gasteiger partial charge on any atom is -0.454 e. The van der Waals surface area contributed by atoms with Crippen molar-refractivity contribution in [2.45, 2.75) is 6.42 Å². The second-order valence-electron chi connectivity index (χ2n) is 11.0. The molecule has 0 saturated heterocycles. The van der Waals surface area contributed by atoms with Gasteiger partial charge in [0.15, 0.2) is 5.58 Å². The van der Waals surface area contributed by atoms with Crippen molar-refractivity contribution in [3.8, 4) is 44.9 Å². The quantitative estimate of drug-likeness (QED) is 0.202. The Morgan fingerprint density at radius 2 is 1.02 bits per heavy atom. The smallest absolute Gasteiger partial charge is 0.153 e. The molecule has 0 bridgehead atoms. The number of nitrogens with zero attached hydrogens (tertiary/aromatic N) is 2. The Hall–Kier alpha value is -5.80. The largest absolute Gasteiger partial charge is 0.454 e. The van der Waals surface area contributed by atoms with Crippen LogP contribution in [0.5, 0.6) is 0 Å². The molecule has 0 aliphatic heterocycles. The van der Waals surface area contributed by atoms with Gasteiger partial charge in [0.2, 0.25) is 0 Å². The second-order valence-corrected chi connectivity index (χ2v) is 11.0. The molecular weight excluding hydrogens is 536 g/mol. The lowest BCUT2D eigenvalue weighted by Crippen LogP contribution is -1.98. The van der Waals surface area contributed by atoms with Gasteiger partial charge in [-0.05, 0) is 52.9 Å². The lowest BCUT2D eigenvalue weighted by atomic mass is 9.92. The van der Waals surface area contributed by atoms with Gasteiger partial charge in [-0.2, -0.15) is 0 Å². The third-order valence-electron chi connectivity index (χ3n) is 8.23. The maximum Gasteiger partial charge on any atom is 0.153 e. The molecule has 0 unspecified atom stereocenters. The van der Waals surface area contributed by atoms with Crippen molar-refractivity contribution >= 4 is 21.9 Å². The number of fused-ring (bicyclic) bond motifs is 3. The first-order valence-electron chi connectivity index (χ1n) is 14.9. The van der Waals surface area contributed by atoms with Gasteiger partial charge >= 0.3 is 0 Å². The van der Waals surface area contributed by atoms with E-state index in [-0.39, 0.29) is 0 Å². The van der Waals surface area contributed by atoms with E-state index in [1.165, 1.54) is 16.7 Å². The van der Waals surface area contributed by atoms with Gasteiger partial charge in [-0.15, -0.1) is 0 Å². The van der Waals surface area contributed by atoms with E-state index in [9.17, 15) is 0 Å². The van der Waals surface area contributed by atoms with Crippen LogP contribution in [0.1, 0.15) is 11.1 Å². The van der Waals surface area contributed by atoms with Crippen LogP contribution in [0.3, 0.4) is 0 Å². The Balaban J connectivity index is 1.23. The van der Waals surface area contributed by atoms with Crippen LogP contribution in [0.25, 0.3) is 66.8 Å². The third kappa shape index (κ3) is 4.85. The monoisotopic (exact) mass is 564 g/mol. The minimum atomic E-state index is 0.746. The number of rotatable bonds is 6. The third-order valence-corrected chi connectivity index (χ3v) is 8.23. The number of hydrogen-bond acceptors (Lipinski definition) is 3. The summed E-state index contributed by atoms with van der Waals surface area (Å²) in [5.41, 5.74) is 12.6. The molecule has 0 N–H and O–H groups in total. The van der Waals surface area contributed by atoms with Crippen molar-refractivity contribution in [1.82, 2.24) is 9.97 Å². The molecule has 8 aromatic rings. The van der Waals surface area contributed by atoms with Crippen molar-refractivity contribution < 1.29 is 4.42 Å². The molecule has 5 aromatic carbocycles. The highest BCUT2D eigenvalue weighted by atomic mass is 16.3. The van der Waals surface area contributed by atoms with Crippen molar-refractivity contribution in [3.05, 3.63) is 169 Å².